The number of benzene rings is 2. The third-order valence-corrected chi connectivity index (χ3v) is 5.23. The number of aromatic nitrogens is 1. The highest BCUT2D eigenvalue weighted by atomic mass is 16.5. The van der Waals surface area contributed by atoms with Gasteiger partial charge in [-0.2, -0.15) is 0 Å². The highest BCUT2D eigenvalue weighted by molar-refractivity contribution is 6.19. The minimum atomic E-state index is -2.45. The number of fused-ring (bicyclic) bond motifs is 5. The highest BCUT2D eigenvalue weighted by Gasteiger charge is 2.23. The number of nitrogens with zero attached hydrogens (tertiary/aromatic N) is 1. The number of pyridine rings is 1. The smallest absolute Gasteiger partial charge is 0.299 e. The molecule has 0 aliphatic rings. The molecule has 5 aromatic rings. The molecule has 0 bridgehead atoms. The van der Waals surface area contributed by atoms with Crippen LogP contribution in [0.1, 0.15) is 36.3 Å². The zero-order valence-electron chi connectivity index (χ0n) is 19.5. The van der Waals surface area contributed by atoms with Crippen LogP contribution in [0.5, 0.6) is 0 Å². The van der Waals surface area contributed by atoms with Crippen LogP contribution in [0.3, 0.4) is 0 Å². The molecule has 5 rings (SSSR count). The van der Waals surface area contributed by atoms with Gasteiger partial charge in [-0.3, -0.25) is 0 Å². The summed E-state index contributed by atoms with van der Waals surface area (Å²) in [5, 5.41) is 2.86. The van der Waals surface area contributed by atoms with Gasteiger partial charge < -0.3 is 8.83 Å². The van der Waals surface area contributed by atoms with E-state index in [4.69, 9.17) is 14.3 Å². The number of furan rings is 2. The summed E-state index contributed by atoms with van der Waals surface area (Å²) in [5.74, 6) is -1.26. The quantitative estimate of drug-likeness (QED) is 0.348. The fraction of sp³-hybridized carbons (Fsp3) is 0.208. The van der Waals surface area contributed by atoms with Crippen molar-refractivity contribution in [2.24, 2.45) is 7.05 Å². The molecule has 27 heavy (non-hydrogen) atoms. The van der Waals surface area contributed by atoms with Crippen molar-refractivity contribution in [3.8, 4) is 11.3 Å². The molecular formula is C24H22NO2+. The van der Waals surface area contributed by atoms with E-state index in [1.165, 1.54) is 6.92 Å². The summed E-state index contributed by atoms with van der Waals surface area (Å²) in [5.41, 5.74) is 4.52. The number of aryl methyl sites for hydroxylation is 2. The number of hydrogen-bond donors (Lipinski definition) is 0. The van der Waals surface area contributed by atoms with Crippen LogP contribution in [0.15, 0.2) is 63.6 Å². The van der Waals surface area contributed by atoms with E-state index < -0.39 is 12.7 Å². The van der Waals surface area contributed by atoms with E-state index in [1.807, 2.05) is 54.9 Å². The minimum Gasteiger partial charge on any atom is -0.425 e. The predicted octanol–water partition coefficient (Wildman–Crippen LogP) is 6.26. The summed E-state index contributed by atoms with van der Waals surface area (Å²) in [7, 11) is 1.90. The average Bonchev–Trinajstić information content (AvgIpc) is 3.23. The van der Waals surface area contributed by atoms with Crippen molar-refractivity contribution >= 4 is 33.1 Å². The number of rotatable bonds is 2. The molecule has 0 aliphatic carbocycles. The van der Waals surface area contributed by atoms with Crippen LogP contribution >= 0.6 is 0 Å². The van der Waals surface area contributed by atoms with Gasteiger partial charge in [-0.1, -0.05) is 44.1 Å². The third kappa shape index (κ3) is 2.31. The second-order valence-corrected chi connectivity index (χ2v) is 7.03. The van der Waals surface area contributed by atoms with Crippen molar-refractivity contribution in [3.05, 3.63) is 65.9 Å². The molecule has 0 saturated carbocycles. The molecule has 0 radical (unpaired) electrons. The van der Waals surface area contributed by atoms with E-state index >= 15 is 0 Å². The molecule has 0 fully saturated rings. The first-order valence-electron chi connectivity index (χ1n) is 10.9. The second kappa shape index (κ2) is 5.71. The second-order valence-electron chi connectivity index (χ2n) is 7.03. The molecule has 3 heterocycles. The van der Waals surface area contributed by atoms with Crippen LogP contribution < -0.4 is 4.57 Å². The van der Waals surface area contributed by atoms with Gasteiger partial charge in [-0.15, -0.1) is 0 Å². The summed E-state index contributed by atoms with van der Waals surface area (Å²) < 4.78 is 46.0. The van der Waals surface area contributed by atoms with Gasteiger partial charge in [0.25, 0.3) is 5.78 Å². The van der Waals surface area contributed by atoms with E-state index in [9.17, 15) is 0 Å². The Kier molecular flexibility index (Phi) is 2.61. The van der Waals surface area contributed by atoms with E-state index in [0.29, 0.717) is 16.9 Å². The molecule has 3 aromatic heterocycles. The average molecular weight is 360 g/mol. The molecule has 0 aliphatic heterocycles. The van der Waals surface area contributed by atoms with E-state index in [-0.39, 0.29) is 0 Å². The van der Waals surface area contributed by atoms with Crippen LogP contribution in [0.2, 0.25) is 0 Å². The predicted molar refractivity (Wildman–Crippen MR) is 109 cm³/mol. The first kappa shape index (κ1) is 12.3. The zero-order chi connectivity index (χ0) is 22.1. The summed E-state index contributed by atoms with van der Waals surface area (Å²) in [6.07, 6.45) is 1.80. The van der Waals surface area contributed by atoms with E-state index in [1.54, 1.807) is 18.3 Å². The van der Waals surface area contributed by atoms with Crippen LogP contribution in [0.25, 0.3) is 44.4 Å². The van der Waals surface area contributed by atoms with Crippen molar-refractivity contribution in [1.29, 1.82) is 0 Å². The van der Waals surface area contributed by atoms with Gasteiger partial charge in [-0.25, -0.2) is 4.57 Å². The molecule has 3 heteroatoms. The monoisotopic (exact) mass is 360 g/mol. The van der Waals surface area contributed by atoms with Crippen molar-refractivity contribution < 1.29 is 18.9 Å². The van der Waals surface area contributed by atoms with E-state index in [0.717, 1.165) is 38.6 Å². The maximum Gasteiger partial charge on any atom is 0.299 e. The van der Waals surface area contributed by atoms with Gasteiger partial charge in [0, 0.05) is 28.4 Å². The molecule has 134 valence electrons. The topological polar surface area (TPSA) is 30.2 Å². The maximum absolute atomic E-state index is 8.51. The Morgan fingerprint density at radius 2 is 1.93 bits per heavy atom. The van der Waals surface area contributed by atoms with Crippen molar-refractivity contribution in [2.45, 2.75) is 26.6 Å². The lowest BCUT2D eigenvalue weighted by Crippen LogP contribution is -2.31. The van der Waals surface area contributed by atoms with Gasteiger partial charge in [0.1, 0.15) is 12.6 Å². The van der Waals surface area contributed by atoms with Gasteiger partial charge in [0.15, 0.2) is 11.8 Å². The maximum atomic E-state index is 8.51. The molecule has 0 spiro atoms. The standard InChI is InChI=1S/C24H22NO2/c1-14(2)16-11-12-25(4)19(13-16)21-15(3)9-10-18-22-17-7-5-6-8-20(17)26-24(22)27-23(18)21/h5-14H,1-4H3/q+1/i1D3,14D. The number of para-hydroxylation sites is 1. The molecule has 1 unspecified atom stereocenters. The molecule has 3 nitrogen and oxygen atoms in total. The minimum absolute atomic E-state index is 0.428. The Balaban J connectivity index is 1.82. The van der Waals surface area contributed by atoms with Crippen LogP contribution in [0, 0.1) is 6.92 Å². The van der Waals surface area contributed by atoms with Crippen LogP contribution in [0.4, 0.5) is 0 Å². The van der Waals surface area contributed by atoms with Gasteiger partial charge >= 0.3 is 0 Å². The lowest BCUT2D eigenvalue weighted by molar-refractivity contribution is -0.660. The largest absolute Gasteiger partial charge is 0.425 e. The number of hydrogen-bond acceptors (Lipinski definition) is 2. The Morgan fingerprint density at radius 1 is 1.07 bits per heavy atom. The third-order valence-electron chi connectivity index (χ3n) is 5.23. The molecular weight excluding hydrogens is 334 g/mol. The first-order chi connectivity index (χ1) is 14.6. The highest BCUT2D eigenvalue weighted by Crippen LogP contribution is 2.41. The summed E-state index contributed by atoms with van der Waals surface area (Å²) >= 11 is 0. The summed E-state index contributed by atoms with van der Waals surface area (Å²) in [6.45, 7) is 0.973. The molecule has 0 saturated heterocycles. The van der Waals surface area contributed by atoms with Gasteiger partial charge in [0.05, 0.1) is 10.9 Å². The Labute approximate surface area is 163 Å². The van der Waals surface area contributed by atoms with Crippen LogP contribution in [-0.2, 0) is 7.05 Å². The normalized spacial score (nSPS) is 16.9. The fourth-order valence-electron chi connectivity index (χ4n) is 3.80. The molecule has 1 atom stereocenters. The Bertz CT molecular complexity index is 1470. The molecule has 0 amide bonds. The Hall–Kier alpha value is -3.07. The summed E-state index contributed by atoms with van der Waals surface area (Å²) in [6, 6.07) is 15.4. The van der Waals surface area contributed by atoms with Gasteiger partial charge in [-0.05, 0) is 30.0 Å². The molecule has 2 aromatic carbocycles. The first-order valence-corrected chi connectivity index (χ1v) is 8.93. The van der Waals surface area contributed by atoms with E-state index in [2.05, 4.69) is 0 Å². The van der Waals surface area contributed by atoms with Gasteiger partial charge in [0.2, 0.25) is 5.69 Å². The summed E-state index contributed by atoms with van der Waals surface area (Å²) in [4.78, 5) is 0. The SMILES string of the molecule is [2H]C([2H])([2H])C([2H])(C)c1cc[n+](C)c(-c2c(C)ccc3c2oc2oc4ccccc4c23)c1. The fourth-order valence-corrected chi connectivity index (χ4v) is 3.80. The zero-order valence-corrected chi connectivity index (χ0v) is 15.5. The van der Waals surface area contributed by atoms with Crippen molar-refractivity contribution in [2.75, 3.05) is 0 Å². The lowest BCUT2D eigenvalue weighted by Gasteiger charge is -2.09. The van der Waals surface area contributed by atoms with Crippen molar-refractivity contribution in [1.82, 2.24) is 0 Å². The van der Waals surface area contributed by atoms with Crippen molar-refractivity contribution in [3.63, 3.8) is 0 Å². The lowest BCUT2D eigenvalue weighted by atomic mass is 9.97. The Morgan fingerprint density at radius 3 is 2.78 bits per heavy atom. The van der Waals surface area contributed by atoms with Crippen LogP contribution in [-0.4, -0.2) is 0 Å². The molecule has 0 N–H and O–H groups in total.